The molecule has 0 saturated heterocycles. The molecule has 0 aromatic carbocycles. The molecule has 0 aliphatic rings. The maximum Gasteiger partial charge on any atom is 0.309 e. The van der Waals surface area contributed by atoms with Gasteiger partial charge in [-0.3, -0.25) is 0 Å². The SMILES string of the molecule is CN(C)C(N)=S.NC(N)=O. The standard InChI is InChI=1S/C3H8N2S.CH4N2O/c1-5(2)3(4)6;2-1(3)4/h1-2H3,(H2,4,6);(H4,2,3,4). The van der Waals surface area contributed by atoms with E-state index in [9.17, 15) is 0 Å². The van der Waals surface area contributed by atoms with E-state index in [2.05, 4.69) is 23.7 Å². The predicted octanol–water partition coefficient (Wildman–Crippen LogP) is -1.18. The quantitative estimate of drug-likeness (QED) is 0.392. The van der Waals surface area contributed by atoms with E-state index in [1.54, 1.807) is 4.90 Å². The van der Waals surface area contributed by atoms with E-state index in [1.807, 2.05) is 14.1 Å². The minimum atomic E-state index is -0.833. The van der Waals surface area contributed by atoms with E-state index in [-0.39, 0.29) is 0 Å². The van der Waals surface area contributed by atoms with Crippen LogP contribution in [0, 0.1) is 0 Å². The van der Waals surface area contributed by atoms with Gasteiger partial charge in [0, 0.05) is 14.1 Å². The summed E-state index contributed by atoms with van der Waals surface area (Å²) in [5, 5.41) is 0.426. The Morgan fingerprint density at radius 3 is 1.40 bits per heavy atom. The molecule has 0 radical (unpaired) electrons. The summed E-state index contributed by atoms with van der Waals surface area (Å²) in [4.78, 5) is 10.7. The molecule has 60 valence electrons. The zero-order chi connectivity index (χ0) is 8.73. The smallest absolute Gasteiger partial charge is 0.309 e. The van der Waals surface area contributed by atoms with Crippen molar-refractivity contribution in [3.05, 3.63) is 0 Å². The Morgan fingerprint density at radius 1 is 1.30 bits per heavy atom. The van der Waals surface area contributed by atoms with Crippen LogP contribution in [0.4, 0.5) is 4.79 Å². The number of nitrogens with two attached hydrogens (primary N) is 3. The fourth-order valence-corrected chi connectivity index (χ4v) is 0. The molecule has 0 fully saturated rings. The van der Waals surface area contributed by atoms with E-state index in [0.717, 1.165) is 0 Å². The fourth-order valence-electron chi connectivity index (χ4n) is 0. The second-order valence-electron chi connectivity index (χ2n) is 1.64. The second-order valence-corrected chi connectivity index (χ2v) is 2.05. The molecule has 0 atom stereocenters. The molecule has 0 saturated carbocycles. The maximum atomic E-state index is 9.00. The summed E-state index contributed by atoms with van der Waals surface area (Å²) in [5.74, 6) is 0. The molecular formula is C4H12N4OS. The van der Waals surface area contributed by atoms with Crippen molar-refractivity contribution in [3.8, 4) is 0 Å². The number of primary amides is 2. The summed E-state index contributed by atoms with van der Waals surface area (Å²) in [6.07, 6.45) is 0. The molecule has 10 heavy (non-hydrogen) atoms. The number of rotatable bonds is 0. The number of thiocarbonyl (C=S) groups is 1. The van der Waals surface area contributed by atoms with Crippen LogP contribution in [0.15, 0.2) is 0 Å². The van der Waals surface area contributed by atoms with Crippen LogP contribution in [-0.4, -0.2) is 30.1 Å². The zero-order valence-electron chi connectivity index (χ0n) is 6.00. The van der Waals surface area contributed by atoms with Gasteiger partial charge in [-0.1, -0.05) is 0 Å². The normalized spacial score (nSPS) is 7.00. The van der Waals surface area contributed by atoms with Crippen molar-refractivity contribution in [3.63, 3.8) is 0 Å². The van der Waals surface area contributed by atoms with Crippen LogP contribution >= 0.6 is 12.2 Å². The lowest BCUT2D eigenvalue weighted by Gasteiger charge is -2.05. The van der Waals surface area contributed by atoms with E-state index in [1.165, 1.54) is 0 Å². The van der Waals surface area contributed by atoms with Crippen molar-refractivity contribution < 1.29 is 4.79 Å². The lowest BCUT2D eigenvalue weighted by Crippen LogP contribution is -2.27. The van der Waals surface area contributed by atoms with Crippen molar-refractivity contribution in [1.82, 2.24) is 4.90 Å². The van der Waals surface area contributed by atoms with Crippen molar-refractivity contribution >= 4 is 23.4 Å². The first kappa shape index (κ1) is 11.7. The summed E-state index contributed by atoms with van der Waals surface area (Å²) < 4.78 is 0. The first-order valence-electron chi connectivity index (χ1n) is 2.39. The Bertz CT molecular complexity index is 120. The molecule has 2 amide bonds. The lowest BCUT2D eigenvalue weighted by molar-refractivity contribution is 0.256. The highest BCUT2D eigenvalue weighted by molar-refractivity contribution is 7.80. The van der Waals surface area contributed by atoms with Crippen LogP contribution in [0.2, 0.25) is 0 Å². The molecule has 0 bridgehead atoms. The van der Waals surface area contributed by atoms with Crippen LogP contribution in [-0.2, 0) is 0 Å². The maximum absolute atomic E-state index is 9.00. The molecule has 0 spiro atoms. The average Bonchev–Trinajstić information content (AvgIpc) is 1.63. The molecule has 5 nitrogen and oxygen atoms in total. The van der Waals surface area contributed by atoms with E-state index in [4.69, 9.17) is 10.5 Å². The predicted molar refractivity (Wildman–Crippen MR) is 44.2 cm³/mol. The number of hydrogen-bond donors (Lipinski definition) is 3. The topological polar surface area (TPSA) is 98.4 Å². The van der Waals surface area contributed by atoms with Crippen LogP contribution in [0.25, 0.3) is 0 Å². The Kier molecular flexibility index (Phi) is 7.13. The van der Waals surface area contributed by atoms with Crippen molar-refractivity contribution in [2.24, 2.45) is 17.2 Å². The van der Waals surface area contributed by atoms with Crippen LogP contribution in [0.5, 0.6) is 0 Å². The molecule has 0 aromatic heterocycles. The zero-order valence-corrected chi connectivity index (χ0v) is 6.81. The van der Waals surface area contributed by atoms with Gasteiger partial charge in [0.2, 0.25) is 0 Å². The minimum absolute atomic E-state index is 0.426. The van der Waals surface area contributed by atoms with Gasteiger partial charge in [0.25, 0.3) is 0 Å². The second kappa shape index (κ2) is 6.09. The molecule has 0 aromatic rings. The van der Waals surface area contributed by atoms with Gasteiger partial charge < -0.3 is 22.1 Å². The molecule has 0 aliphatic carbocycles. The third-order valence-electron chi connectivity index (χ3n) is 0.441. The van der Waals surface area contributed by atoms with Gasteiger partial charge in [-0.05, 0) is 12.2 Å². The average molecular weight is 164 g/mol. The van der Waals surface area contributed by atoms with Gasteiger partial charge in [0.15, 0.2) is 5.11 Å². The van der Waals surface area contributed by atoms with Crippen LogP contribution < -0.4 is 17.2 Å². The highest BCUT2D eigenvalue weighted by atomic mass is 32.1. The number of carbonyl (C=O) groups is 1. The van der Waals surface area contributed by atoms with Crippen LogP contribution in [0.1, 0.15) is 0 Å². The molecule has 0 rings (SSSR count). The first-order valence-corrected chi connectivity index (χ1v) is 2.80. The number of nitrogens with zero attached hydrogens (tertiary/aromatic N) is 1. The Balaban J connectivity index is 0. The summed E-state index contributed by atoms with van der Waals surface area (Å²) in [5.41, 5.74) is 13.6. The van der Waals surface area contributed by atoms with E-state index < -0.39 is 6.03 Å². The van der Waals surface area contributed by atoms with E-state index >= 15 is 0 Å². The number of carbonyl (C=O) groups excluding carboxylic acids is 1. The van der Waals surface area contributed by atoms with Crippen molar-refractivity contribution in [2.45, 2.75) is 0 Å². The Hall–Kier alpha value is -1.04. The first-order chi connectivity index (χ1) is 4.37. The summed E-state index contributed by atoms with van der Waals surface area (Å²) in [7, 11) is 3.62. The van der Waals surface area contributed by atoms with Crippen molar-refractivity contribution in [1.29, 1.82) is 0 Å². The molecular weight excluding hydrogens is 152 g/mol. The van der Waals surface area contributed by atoms with Gasteiger partial charge in [-0.15, -0.1) is 0 Å². The molecule has 6 heteroatoms. The summed E-state index contributed by atoms with van der Waals surface area (Å²) in [6.45, 7) is 0. The van der Waals surface area contributed by atoms with Gasteiger partial charge in [0.05, 0.1) is 0 Å². The largest absolute Gasteiger partial charge is 0.376 e. The molecule has 6 N–H and O–H groups in total. The monoisotopic (exact) mass is 164 g/mol. The van der Waals surface area contributed by atoms with Crippen molar-refractivity contribution in [2.75, 3.05) is 14.1 Å². The van der Waals surface area contributed by atoms with Gasteiger partial charge in [-0.2, -0.15) is 0 Å². The third kappa shape index (κ3) is 28.2. The number of hydrogen-bond acceptors (Lipinski definition) is 2. The van der Waals surface area contributed by atoms with Gasteiger partial charge in [0.1, 0.15) is 0 Å². The molecule has 0 heterocycles. The minimum Gasteiger partial charge on any atom is -0.376 e. The Labute approximate surface area is 65.1 Å². The fraction of sp³-hybridized carbons (Fsp3) is 0.500. The summed E-state index contributed by atoms with van der Waals surface area (Å²) >= 11 is 4.52. The highest BCUT2D eigenvalue weighted by Crippen LogP contribution is 1.67. The molecule has 0 aliphatic heterocycles. The highest BCUT2D eigenvalue weighted by Gasteiger charge is 1.82. The third-order valence-corrected chi connectivity index (χ3v) is 0.806. The summed E-state index contributed by atoms with van der Waals surface area (Å²) in [6, 6.07) is -0.833. The van der Waals surface area contributed by atoms with Gasteiger partial charge >= 0.3 is 6.03 Å². The number of urea groups is 1. The van der Waals surface area contributed by atoms with Gasteiger partial charge in [-0.25, -0.2) is 4.79 Å². The van der Waals surface area contributed by atoms with Crippen LogP contribution in [0.3, 0.4) is 0 Å². The lowest BCUT2D eigenvalue weighted by atomic mass is 10.9. The molecule has 0 unspecified atom stereocenters. The van der Waals surface area contributed by atoms with E-state index in [0.29, 0.717) is 5.11 Å². The Morgan fingerprint density at radius 2 is 1.40 bits per heavy atom. The number of amides is 2.